The van der Waals surface area contributed by atoms with Crippen molar-refractivity contribution in [3.63, 3.8) is 0 Å². The summed E-state index contributed by atoms with van der Waals surface area (Å²) in [5.41, 5.74) is 1.01. The molecule has 0 spiro atoms. The van der Waals surface area contributed by atoms with Gasteiger partial charge in [-0.2, -0.15) is 0 Å². The second kappa shape index (κ2) is 4.53. The van der Waals surface area contributed by atoms with Gasteiger partial charge in [0.25, 0.3) is 0 Å². The molecule has 2 N–H and O–H groups in total. The molecule has 1 heterocycles. The lowest BCUT2D eigenvalue weighted by molar-refractivity contribution is 0.544. The molecular formula is C11H15FN2. The van der Waals surface area contributed by atoms with Crippen LogP contribution in [0, 0.1) is 5.82 Å². The summed E-state index contributed by atoms with van der Waals surface area (Å²) in [7, 11) is 0. The molecule has 1 aromatic rings. The van der Waals surface area contributed by atoms with E-state index < -0.39 is 0 Å². The van der Waals surface area contributed by atoms with E-state index in [4.69, 9.17) is 0 Å². The lowest BCUT2D eigenvalue weighted by Gasteiger charge is -2.10. The van der Waals surface area contributed by atoms with Crippen LogP contribution in [0.5, 0.6) is 0 Å². The minimum atomic E-state index is -0.158. The van der Waals surface area contributed by atoms with E-state index in [0.29, 0.717) is 6.04 Å². The second-order valence-electron chi connectivity index (χ2n) is 3.70. The van der Waals surface area contributed by atoms with Crippen molar-refractivity contribution < 1.29 is 4.39 Å². The van der Waals surface area contributed by atoms with Gasteiger partial charge in [0.05, 0.1) is 0 Å². The Morgan fingerprint density at radius 3 is 3.14 bits per heavy atom. The molecule has 1 aliphatic heterocycles. The molecule has 1 fully saturated rings. The lowest BCUT2D eigenvalue weighted by atomic mass is 10.2. The standard InChI is InChI=1S/C11H15FN2/c12-10-3-1-2-9(6-10)7-14-11-4-5-13-8-11/h1-3,6,11,13-14H,4-5,7-8H2/t11-/m0/s1. The van der Waals surface area contributed by atoms with Crippen LogP contribution < -0.4 is 10.6 Å². The fraction of sp³-hybridized carbons (Fsp3) is 0.455. The summed E-state index contributed by atoms with van der Waals surface area (Å²) in [5, 5.41) is 6.68. The smallest absolute Gasteiger partial charge is 0.123 e. The van der Waals surface area contributed by atoms with Gasteiger partial charge in [0.2, 0.25) is 0 Å². The largest absolute Gasteiger partial charge is 0.315 e. The van der Waals surface area contributed by atoms with Gasteiger partial charge < -0.3 is 10.6 Å². The number of hydrogen-bond donors (Lipinski definition) is 2. The Morgan fingerprint density at radius 1 is 1.50 bits per heavy atom. The zero-order valence-corrected chi connectivity index (χ0v) is 8.09. The number of halogens is 1. The topological polar surface area (TPSA) is 24.1 Å². The summed E-state index contributed by atoms with van der Waals surface area (Å²) in [6.07, 6.45) is 1.16. The van der Waals surface area contributed by atoms with Crippen molar-refractivity contribution in [2.24, 2.45) is 0 Å². The van der Waals surface area contributed by atoms with Crippen molar-refractivity contribution in [3.8, 4) is 0 Å². The highest BCUT2D eigenvalue weighted by Gasteiger charge is 2.12. The number of benzene rings is 1. The van der Waals surface area contributed by atoms with Crippen LogP contribution in [0.2, 0.25) is 0 Å². The molecule has 1 atom stereocenters. The maximum absolute atomic E-state index is 12.8. The molecule has 0 radical (unpaired) electrons. The third-order valence-electron chi connectivity index (χ3n) is 2.54. The van der Waals surface area contributed by atoms with Crippen molar-refractivity contribution in [1.29, 1.82) is 0 Å². The van der Waals surface area contributed by atoms with Crippen LogP contribution in [0.4, 0.5) is 4.39 Å². The number of hydrogen-bond acceptors (Lipinski definition) is 2. The van der Waals surface area contributed by atoms with Crippen LogP contribution in [0.1, 0.15) is 12.0 Å². The first-order valence-electron chi connectivity index (χ1n) is 5.03. The Labute approximate surface area is 83.5 Å². The van der Waals surface area contributed by atoms with Crippen LogP contribution in [0.15, 0.2) is 24.3 Å². The Balaban J connectivity index is 1.85. The molecule has 76 valence electrons. The second-order valence-corrected chi connectivity index (χ2v) is 3.70. The first kappa shape index (κ1) is 9.62. The molecule has 0 amide bonds. The normalized spacial score (nSPS) is 21.4. The van der Waals surface area contributed by atoms with Gasteiger partial charge in [0.1, 0.15) is 5.82 Å². The minimum absolute atomic E-state index is 0.158. The van der Waals surface area contributed by atoms with Gasteiger partial charge in [-0.3, -0.25) is 0 Å². The first-order valence-corrected chi connectivity index (χ1v) is 5.03. The van der Waals surface area contributed by atoms with E-state index in [2.05, 4.69) is 10.6 Å². The molecule has 1 aromatic carbocycles. The zero-order valence-electron chi connectivity index (χ0n) is 8.09. The van der Waals surface area contributed by atoms with E-state index in [1.807, 2.05) is 6.07 Å². The summed E-state index contributed by atoms with van der Waals surface area (Å²) < 4.78 is 12.8. The van der Waals surface area contributed by atoms with E-state index >= 15 is 0 Å². The Morgan fingerprint density at radius 2 is 2.43 bits per heavy atom. The Bertz CT molecular complexity index is 295. The third-order valence-corrected chi connectivity index (χ3v) is 2.54. The first-order chi connectivity index (χ1) is 6.84. The predicted octanol–water partition coefficient (Wildman–Crippen LogP) is 1.28. The highest BCUT2D eigenvalue weighted by molar-refractivity contribution is 5.16. The summed E-state index contributed by atoms with van der Waals surface area (Å²) in [5.74, 6) is -0.158. The molecule has 0 aromatic heterocycles. The van der Waals surface area contributed by atoms with Gasteiger partial charge in [-0.25, -0.2) is 4.39 Å². The highest BCUT2D eigenvalue weighted by atomic mass is 19.1. The molecule has 0 saturated carbocycles. The van der Waals surface area contributed by atoms with Crippen molar-refractivity contribution >= 4 is 0 Å². The fourth-order valence-electron chi connectivity index (χ4n) is 1.74. The maximum Gasteiger partial charge on any atom is 0.123 e. The van der Waals surface area contributed by atoms with E-state index in [-0.39, 0.29) is 5.82 Å². The van der Waals surface area contributed by atoms with Crippen molar-refractivity contribution in [2.45, 2.75) is 19.0 Å². The van der Waals surface area contributed by atoms with Crippen molar-refractivity contribution in [1.82, 2.24) is 10.6 Å². The summed E-state index contributed by atoms with van der Waals surface area (Å²) >= 11 is 0. The lowest BCUT2D eigenvalue weighted by Crippen LogP contribution is -2.30. The van der Waals surface area contributed by atoms with Gasteiger partial charge >= 0.3 is 0 Å². The molecule has 1 saturated heterocycles. The molecule has 2 rings (SSSR count). The van der Waals surface area contributed by atoms with Crippen molar-refractivity contribution in [2.75, 3.05) is 13.1 Å². The van der Waals surface area contributed by atoms with Crippen LogP contribution in [0.3, 0.4) is 0 Å². The molecule has 0 bridgehead atoms. The monoisotopic (exact) mass is 194 g/mol. The van der Waals surface area contributed by atoms with Gasteiger partial charge in [-0.15, -0.1) is 0 Å². The zero-order chi connectivity index (χ0) is 9.80. The minimum Gasteiger partial charge on any atom is -0.315 e. The molecular weight excluding hydrogens is 179 g/mol. The molecule has 0 unspecified atom stereocenters. The van der Waals surface area contributed by atoms with Crippen LogP contribution in [-0.2, 0) is 6.54 Å². The van der Waals surface area contributed by atoms with Gasteiger partial charge in [0.15, 0.2) is 0 Å². The highest BCUT2D eigenvalue weighted by Crippen LogP contribution is 2.04. The van der Waals surface area contributed by atoms with E-state index in [0.717, 1.165) is 31.6 Å². The maximum atomic E-state index is 12.8. The molecule has 2 nitrogen and oxygen atoms in total. The number of nitrogens with one attached hydrogen (secondary N) is 2. The quantitative estimate of drug-likeness (QED) is 0.757. The predicted molar refractivity (Wildman–Crippen MR) is 54.5 cm³/mol. The molecule has 0 aliphatic carbocycles. The Kier molecular flexibility index (Phi) is 3.11. The Hall–Kier alpha value is -0.930. The average Bonchev–Trinajstić information content (AvgIpc) is 2.67. The van der Waals surface area contributed by atoms with Crippen LogP contribution >= 0.6 is 0 Å². The molecule has 1 aliphatic rings. The summed E-state index contributed by atoms with van der Waals surface area (Å²) in [6, 6.07) is 7.28. The van der Waals surface area contributed by atoms with Gasteiger partial charge in [-0.1, -0.05) is 12.1 Å². The number of rotatable bonds is 3. The van der Waals surface area contributed by atoms with E-state index in [9.17, 15) is 4.39 Å². The summed E-state index contributed by atoms with van der Waals surface area (Å²) in [6.45, 7) is 2.86. The molecule has 14 heavy (non-hydrogen) atoms. The SMILES string of the molecule is Fc1cccc(CN[C@H]2CCNC2)c1. The summed E-state index contributed by atoms with van der Waals surface area (Å²) in [4.78, 5) is 0. The fourth-order valence-corrected chi connectivity index (χ4v) is 1.74. The average molecular weight is 194 g/mol. The van der Waals surface area contributed by atoms with E-state index in [1.54, 1.807) is 12.1 Å². The van der Waals surface area contributed by atoms with Crippen molar-refractivity contribution in [3.05, 3.63) is 35.6 Å². The van der Waals surface area contributed by atoms with Gasteiger partial charge in [0, 0.05) is 19.1 Å². The molecule has 3 heteroatoms. The van der Waals surface area contributed by atoms with Crippen LogP contribution in [0.25, 0.3) is 0 Å². The van der Waals surface area contributed by atoms with E-state index in [1.165, 1.54) is 6.07 Å². The third kappa shape index (κ3) is 2.53. The van der Waals surface area contributed by atoms with Crippen LogP contribution in [-0.4, -0.2) is 19.1 Å². The van der Waals surface area contributed by atoms with Gasteiger partial charge in [-0.05, 0) is 30.7 Å².